The maximum Gasteiger partial charge on any atom is 0.295 e. The number of hydrogen-bond acceptors (Lipinski definition) is 4. The van der Waals surface area contributed by atoms with Crippen molar-refractivity contribution in [2.24, 2.45) is 5.73 Å². The van der Waals surface area contributed by atoms with Gasteiger partial charge in [0.15, 0.2) is 0 Å². The summed E-state index contributed by atoms with van der Waals surface area (Å²) in [5.41, 5.74) is 4.78. The molecule has 0 radical (unpaired) electrons. The fourth-order valence-electron chi connectivity index (χ4n) is 0.884. The molecule has 0 spiro atoms. The second-order valence-corrected chi connectivity index (χ2v) is 5.62. The molecule has 0 amide bonds. The fraction of sp³-hybridized carbons (Fsp3) is 0.333. The highest BCUT2D eigenvalue weighted by atomic mass is 32.2. The summed E-state index contributed by atoms with van der Waals surface area (Å²) in [7, 11) is -4.12. The molecule has 0 unspecified atom stereocenters. The zero-order valence-electron chi connectivity index (χ0n) is 10.5. The van der Waals surface area contributed by atoms with Crippen molar-refractivity contribution in [1.82, 2.24) is 0 Å². The molecule has 0 aromatic heterocycles. The van der Waals surface area contributed by atoms with Crippen LogP contribution in [0.25, 0.3) is 6.08 Å². The fourth-order valence-corrected chi connectivity index (χ4v) is 1.58. The van der Waals surface area contributed by atoms with Gasteiger partial charge in [-0.25, -0.2) is 0 Å². The summed E-state index contributed by atoms with van der Waals surface area (Å²) in [6.07, 6.45) is 1.38. The van der Waals surface area contributed by atoms with Crippen molar-refractivity contribution in [1.29, 1.82) is 0 Å². The highest BCUT2D eigenvalue weighted by Gasteiger charge is 2.11. The van der Waals surface area contributed by atoms with Gasteiger partial charge >= 0.3 is 0 Å². The van der Waals surface area contributed by atoms with Crippen molar-refractivity contribution in [3.8, 4) is 0 Å². The molecule has 0 bridgehead atoms. The zero-order chi connectivity index (χ0) is 14.4. The van der Waals surface area contributed by atoms with E-state index in [1.165, 1.54) is 18.2 Å². The van der Waals surface area contributed by atoms with Gasteiger partial charge in [0.1, 0.15) is 4.90 Å². The van der Waals surface area contributed by atoms with Crippen LogP contribution in [0.1, 0.15) is 19.4 Å². The van der Waals surface area contributed by atoms with Crippen molar-refractivity contribution in [2.75, 3.05) is 6.54 Å². The number of hydrogen-bond donors (Lipinski definition) is 3. The van der Waals surface area contributed by atoms with Gasteiger partial charge in [-0.05, 0) is 25.5 Å². The summed E-state index contributed by atoms with van der Waals surface area (Å²) < 4.78 is 30.2. The Balaban J connectivity index is 0.000000411. The minimum Gasteiger partial charge on any atom is -0.389 e. The van der Waals surface area contributed by atoms with Gasteiger partial charge in [0.25, 0.3) is 10.1 Å². The van der Waals surface area contributed by atoms with Gasteiger partial charge in [-0.2, -0.15) is 8.42 Å². The molecule has 0 atom stereocenters. The predicted molar refractivity (Wildman–Crippen MR) is 71.7 cm³/mol. The van der Waals surface area contributed by atoms with Crippen LogP contribution in [0.4, 0.5) is 0 Å². The van der Waals surface area contributed by atoms with Crippen LogP contribution >= 0.6 is 0 Å². The van der Waals surface area contributed by atoms with Gasteiger partial charge in [-0.1, -0.05) is 30.9 Å². The van der Waals surface area contributed by atoms with Crippen molar-refractivity contribution >= 4 is 16.2 Å². The summed E-state index contributed by atoms with van der Waals surface area (Å²) in [5, 5.41) is 8.70. The van der Waals surface area contributed by atoms with E-state index in [1.54, 1.807) is 26.0 Å². The van der Waals surface area contributed by atoms with E-state index in [-0.39, 0.29) is 4.90 Å². The lowest BCUT2D eigenvalue weighted by atomic mass is 10.1. The predicted octanol–water partition coefficient (Wildman–Crippen LogP) is 1.29. The lowest BCUT2D eigenvalue weighted by Crippen LogP contribution is -2.29. The van der Waals surface area contributed by atoms with Crippen molar-refractivity contribution in [3.05, 3.63) is 36.4 Å². The lowest BCUT2D eigenvalue weighted by molar-refractivity contribution is 0.0898. The van der Waals surface area contributed by atoms with Gasteiger partial charge in [0.2, 0.25) is 0 Å². The molecule has 1 aromatic carbocycles. The van der Waals surface area contributed by atoms with Crippen LogP contribution in [0.15, 0.2) is 35.7 Å². The molecule has 0 aliphatic rings. The Morgan fingerprint density at radius 1 is 1.39 bits per heavy atom. The molecule has 0 saturated heterocycles. The average molecular weight is 273 g/mol. The standard InChI is InChI=1S/C8H8O3S.C4H11NO/c1-2-7-5-3-4-6-8(7)12(9,10)11;1-4(2,6)3-5/h2-6H,1H2,(H,9,10,11);6H,3,5H2,1-2H3. The van der Waals surface area contributed by atoms with Crippen molar-refractivity contribution in [2.45, 2.75) is 24.3 Å². The van der Waals surface area contributed by atoms with E-state index in [4.69, 9.17) is 15.4 Å². The van der Waals surface area contributed by atoms with E-state index in [9.17, 15) is 8.42 Å². The first-order valence-electron chi connectivity index (χ1n) is 5.23. The van der Waals surface area contributed by atoms with Crippen LogP contribution in [0.2, 0.25) is 0 Å². The van der Waals surface area contributed by atoms with Gasteiger partial charge in [0, 0.05) is 6.54 Å². The Hall–Kier alpha value is -1.21. The molecule has 0 saturated carbocycles. The second-order valence-electron chi connectivity index (χ2n) is 4.23. The van der Waals surface area contributed by atoms with Gasteiger partial charge in [0.05, 0.1) is 5.60 Å². The molecule has 1 rings (SSSR count). The molecule has 6 heteroatoms. The highest BCUT2D eigenvalue weighted by molar-refractivity contribution is 7.85. The molecule has 18 heavy (non-hydrogen) atoms. The Labute approximate surface area is 108 Å². The Morgan fingerprint density at radius 3 is 2.11 bits per heavy atom. The van der Waals surface area contributed by atoms with E-state index in [0.29, 0.717) is 12.1 Å². The molecule has 5 nitrogen and oxygen atoms in total. The normalized spacial score (nSPS) is 11.4. The number of nitrogens with two attached hydrogens (primary N) is 1. The zero-order valence-corrected chi connectivity index (χ0v) is 11.3. The SMILES string of the molecule is C=Cc1ccccc1S(=O)(=O)O.CC(C)(O)CN. The molecule has 0 fully saturated rings. The first kappa shape index (κ1) is 16.8. The summed E-state index contributed by atoms with van der Waals surface area (Å²) in [5.74, 6) is 0. The molecule has 0 aliphatic heterocycles. The Kier molecular flexibility index (Phi) is 6.20. The third-order valence-electron chi connectivity index (χ3n) is 1.92. The number of benzene rings is 1. The van der Waals surface area contributed by atoms with E-state index in [0.717, 1.165) is 0 Å². The average Bonchev–Trinajstić information content (AvgIpc) is 2.28. The van der Waals surface area contributed by atoms with Crippen LogP contribution in [-0.4, -0.2) is 30.2 Å². The van der Waals surface area contributed by atoms with Gasteiger partial charge < -0.3 is 10.8 Å². The number of rotatable bonds is 3. The van der Waals surface area contributed by atoms with Crippen LogP contribution in [0, 0.1) is 0 Å². The van der Waals surface area contributed by atoms with E-state index < -0.39 is 15.7 Å². The lowest BCUT2D eigenvalue weighted by Gasteiger charge is -2.11. The monoisotopic (exact) mass is 273 g/mol. The minimum atomic E-state index is -4.12. The molecule has 0 heterocycles. The largest absolute Gasteiger partial charge is 0.389 e. The molecule has 102 valence electrons. The maximum absolute atomic E-state index is 10.7. The van der Waals surface area contributed by atoms with Gasteiger partial charge in [-0.3, -0.25) is 4.55 Å². The molecule has 1 aromatic rings. The van der Waals surface area contributed by atoms with Crippen molar-refractivity contribution < 1.29 is 18.1 Å². The Bertz CT molecular complexity index is 489. The quantitative estimate of drug-likeness (QED) is 0.720. The first-order valence-corrected chi connectivity index (χ1v) is 6.67. The maximum atomic E-state index is 10.7. The highest BCUT2D eigenvalue weighted by Crippen LogP contribution is 2.15. The molecular weight excluding hydrogens is 254 g/mol. The Morgan fingerprint density at radius 2 is 1.83 bits per heavy atom. The first-order chi connectivity index (χ1) is 8.11. The van der Waals surface area contributed by atoms with E-state index in [1.807, 2.05) is 0 Å². The van der Waals surface area contributed by atoms with Crippen LogP contribution in [-0.2, 0) is 10.1 Å². The molecular formula is C12H19NO4S. The second kappa shape index (κ2) is 6.65. The summed E-state index contributed by atoms with van der Waals surface area (Å²) in [6, 6.07) is 6.10. The van der Waals surface area contributed by atoms with Gasteiger partial charge in [-0.15, -0.1) is 0 Å². The van der Waals surface area contributed by atoms with Crippen LogP contribution < -0.4 is 5.73 Å². The third-order valence-corrected chi connectivity index (χ3v) is 2.84. The van der Waals surface area contributed by atoms with Crippen molar-refractivity contribution in [3.63, 3.8) is 0 Å². The number of aliphatic hydroxyl groups is 1. The van der Waals surface area contributed by atoms with E-state index >= 15 is 0 Å². The minimum absolute atomic E-state index is 0.111. The molecule has 0 aliphatic carbocycles. The van der Waals surface area contributed by atoms with Crippen LogP contribution in [0.3, 0.4) is 0 Å². The smallest absolute Gasteiger partial charge is 0.295 e. The summed E-state index contributed by atoms with van der Waals surface area (Å²) >= 11 is 0. The topological polar surface area (TPSA) is 101 Å². The van der Waals surface area contributed by atoms with E-state index in [2.05, 4.69) is 6.58 Å². The summed E-state index contributed by atoms with van der Waals surface area (Å²) in [6.45, 7) is 7.10. The summed E-state index contributed by atoms with van der Waals surface area (Å²) in [4.78, 5) is -0.111. The van der Waals surface area contributed by atoms with Crippen LogP contribution in [0.5, 0.6) is 0 Å². The molecule has 4 N–H and O–H groups in total. The third kappa shape index (κ3) is 6.51.